The largest absolute Gasteiger partial charge is 2.00 e. The van der Waals surface area contributed by atoms with Crippen molar-refractivity contribution in [3.05, 3.63) is 0 Å². The summed E-state index contributed by atoms with van der Waals surface area (Å²) in [5.74, 6) is 0. The summed E-state index contributed by atoms with van der Waals surface area (Å²) in [6.07, 6.45) is 17.7. The van der Waals surface area contributed by atoms with E-state index >= 15 is 0 Å². The molecule has 0 aromatic heterocycles. The summed E-state index contributed by atoms with van der Waals surface area (Å²) in [6.45, 7) is 0. The van der Waals surface area contributed by atoms with E-state index < -0.39 is 0 Å². The van der Waals surface area contributed by atoms with Gasteiger partial charge in [-0.1, -0.05) is 57.5 Å². The zero-order chi connectivity index (χ0) is 26.2. The van der Waals surface area contributed by atoms with E-state index in [9.17, 15) is 0 Å². The molecule has 4 atom stereocenters. The SMILES string of the molecule is S=C1CCCC(N(C(=S)[S-])C2CCCC(=S)C2)C1.S=C1CCCC(N(C(=S)[S-])C2CCCC(=S)C2)C1.[Cu+2]. The molecule has 0 saturated heterocycles. The van der Waals surface area contributed by atoms with Crippen molar-refractivity contribution in [2.45, 2.75) is 127 Å². The first kappa shape index (κ1) is 34.3. The summed E-state index contributed by atoms with van der Waals surface area (Å²) in [4.78, 5) is 9.28. The molecule has 4 unspecified atom stereocenters. The van der Waals surface area contributed by atoms with Gasteiger partial charge in [-0.05, 0) is 122 Å². The molecule has 0 aromatic carbocycles. The third-order valence-electron chi connectivity index (χ3n) is 7.82. The molecular formula is C26H36CuN2S8. The zero-order valence-corrected chi connectivity index (χ0v) is 28.6. The van der Waals surface area contributed by atoms with Crippen LogP contribution in [0.5, 0.6) is 0 Å². The van der Waals surface area contributed by atoms with Crippen LogP contribution in [0.3, 0.4) is 0 Å². The van der Waals surface area contributed by atoms with Crippen molar-refractivity contribution >= 4 is 127 Å². The fourth-order valence-electron chi connectivity index (χ4n) is 6.15. The van der Waals surface area contributed by atoms with E-state index in [0.717, 1.165) is 51.4 Å². The summed E-state index contributed by atoms with van der Waals surface area (Å²) < 4.78 is 1.22. The van der Waals surface area contributed by atoms with Gasteiger partial charge in [-0.25, -0.2) is 0 Å². The van der Waals surface area contributed by atoms with Gasteiger partial charge in [-0.15, -0.1) is 0 Å². The molecule has 0 amide bonds. The van der Waals surface area contributed by atoms with Gasteiger partial charge < -0.3 is 59.5 Å². The molecule has 209 valence electrons. The number of nitrogens with zero attached hydrogens (tertiary/aromatic N) is 2. The Balaban J connectivity index is 0.000000253. The van der Waals surface area contributed by atoms with Gasteiger partial charge in [0.2, 0.25) is 0 Å². The topological polar surface area (TPSA) is 6.48 Å². The molecule has 0 aromatic rings. The van der Waals surface area contributed by atoms with Crippen molar-refractivity contribution in [1.29, 1.82) is 0 Å². The maximum Gasteiger partial charge on any atom is 2.00 e. The van der Waals surface area contributed by atoms with Crippen LogP contribution in [-0.2, 0) is 42.3 Å². The fourth-order valence-corrected chi connectivity index (χ4v) is 8.69. The van der Waals surface area contributed by atoms with Gasteiger partial charge >= 0.3 is 17.1 Å². The van der Waals surface area contributed by atoms with Crippen LogP contribution in [0, 0.1) is 0 Å². The average Bonchev–Trinajstić information content (AvgIpc) is 2.80. The van der Waals surface area contributed by atoms with Crippen LogP contribution < -0.4 is 0 Å². The molecule has 0 heterocycles. The van der Waals surface area contributed by atoms with E-state index in [0.29, 0.717) is 32.8 Å². The van der Waals surface area contributed by atoms with Crippen LogP contribution in [-0.4, -0.2) is 62.1 Å². The van der Waals surface area contributed by atoms with E-state index in [-0.39, 0.29) is 17.1 Å². The van der Waals surface area contributed by atoms with Gasteiger partial charge in [0.15, 0.2) is 0 Å². The van der Waals surface area contributed by atoms with Crippen molar-refractivity contribution in [3.8, 4) is 0 Å². The second-order valence-electron chi connectivity index (χ2n) is 10.5. The van der Waals surface area contributed by atoms with Gasteiger partial charge in [0.25, 0.3) is 0 Å². The van der Waals surface area contributed by atoms with Gasteiger partial charge in [0, 0.05) is 24.2 Å². The zero-order valence-electron chi connectivity index (χ0n) is 21.1. The molecule has 0 spiro atoms. The third-order valence-corrected chi connectivity index (χ3v) is 10.1. The minimum Gasteiger partial charge on any atom is -0.411 e. The fraction of sp³-hybridized carbons (Fsp3) is 0.769. The number of thiocarbonyl (C=S) groups is 6. The van der Waals surface area contributed by atoms with Crippen LogP contribution >= 0.6 is 73.3 Å². The normalized spacial score (nSPS) is 28.3. The van der Waals surface area contributed by atoms with Crippen molar-refractivity contribution in [3.63, 3.8) is 0 Å². The summed E-state index contributed by atoms with van der Waals surface area (Å²) in [7, 11) is 0. The summed E-state index contributed by atoms with van der Waals surface area (Å²) in [5.41, 5.74) is 0. The van der Waals surface area contributed by atoms with Crippen LogP contribution in [0.4, 0.5) is 0 Å². The Morgan fingerprint density at radius 2 is 0.730 bits per heavy atom. The Morgan fingerprint density at radius 3 is 0.892 bits per heavy atom. The molecule has 4 saturated carbocycles. The van der Waals surface area contributed by atoms with Crippen LogP contribution in [0.15, 0.2) is 0 Å². The standard InChI is InChI=1S/2C13H19NS4.Cu/c2*15-11-5-1-3-9(7-11)14(13(17)18)10-4-2-6-12(16)8-10;/h2*9-10H,1-8H2,(H,17,18);/q;;+2/p-2. The van der Waals surface area contributed by atoms with Gasteiger partial charge in [0.05, 0.1) is 0 Å². The first-order valence-corrected chi connectivity index (χ1v) is 16.5. The maximum atomic E-state index is 5.38. The monoisotopic (exact) mass is 695 g/mol. The Hall–Kier alpha value is 1.10. The number of hydrogen-bond acceptors (Lipinski definition) is 8. The van der Waals surface area contributed by atoms with E-state index in [1.165, 1.54) is 70.8 Å². The van der Waals surface area contributed by atoms with Crippen molar-refractivity contribution in [2.75, 3.05) is 0 Å². The molecule has 4 rings (SSSR count). The average molecular weight is 697 g/mol. The Kier molecular flexibility index (Phi) is 15.9. The number of hydrogen-bond donors (Lipinski definition) is 0. The summed E-state index contributed by atoms with van der Waals surface area (Å²) >= 11 is 42.8. The molecular weight excluding hydrogens is 660 g/mol. The van der Waals surface area contributed by atoms with E-state index in [2.05, 4.69) is 9.80 Å². The molecule has 0 N–H and O–H groups in total. The van der Waals surface area contributed by atoms with Gasteiger partial charge in [-0.3, -0.25) is 0 Å². The Morgan fingerprint density at radius 1 is 0.514 bits per heavy atom. The number of rotatable bonds is 4. The Labute approximate surface area is 277 Å². The van der Waals surface area contributed by atoms with E-state index in [1.54, 1.807) is 0 Å². The third kappa shape index (κ3) is 10.8. The van der Waals surface area contributed by atoms with Crippen LogP contribution in [0.1, 0.15) is 103 Å². The van der Waals surface area contributed by atoms with Gasteiger partial charge in [-0.2, -0.15) is 0 Å². The maximum absolute atomic E-state index is 5.38. The molecule has 2 nitrogen and oxygen atoms in total. The minimum absolute atomic E-state index is 0. The van der Waals surface area contributed by atoms with Gasteiger partial charge in [0.1, 0.15) is 0 Å². The molecule has 1 radical (unpaired) electrons. The Bertz CT molecular complexity index is 753. The molecule has 4 aliphatic carbocycles. The molecule has 37 heavy (non-hydrogen) atoms. The first-order valence-electron chi connectivity index (χ1n) is 13.2. The quantitative estimate of drug-likeness (QED) is 0.165. The predicted molar refractivity (Wildman–Crippen MR) is 183 cm³/mol. The minimum atomic E-state index is 0. The van der Waals surface area contributed by atoms with E-state index in [1.807, 2.05) is 0 Å². The first-order chi connectivity index (χ1) is 17.2. The molecule has 4 fully saturated rings. The second-order valence-corrected chi connectivity index (χ2v) is 14.9. The van der Waals surface area contributed by atoms with Crippen molar-refractivity contribution in [1.82, 2.24) is 9.80 Å². The summed E-state index contributed by atoms with van der Waals surface area (Å²) in [5, 5.41) is 0. The van der Waals surface area contributed by atoms with Crippen LogP contribution in [0.2, 0.25) is 0 Å². The van der Waals surface area contributed by atoms with Crippen LogP contribution in [0.25, 0.3) is 0 Å². The molecule has 0 aliphatic heterocycles. The van der Waals surface area contributed by atoms with E-state index in [4.69, 9.17) is 98.6 Å². The molecule has 11 heteroatoms. The smallest absolute Gasteiger partial charge is 0.411 e. The molecule has 0 bridgehead atoms. The predicted octanol–water partition coefficient (Wildman–Crippen LogP) is 7.49. The van der Waals surface area contributed by atoms with Crippen molar-refractivity contribution < 1.29 is 17.1 Å². The molecule has 4 aliphatic rings. The second kappa shape index (κ2) is 17.1. The summed E-state index contributed by atoms with van der Waals surface area (Å²) in [6, 6.07) is 1.73. The van der Waals surface area contributed by atoms with Crippen molar-refractivity contribution in [2.24, 2.45) is 0 Å².